The minimum atomic E-state index is 0.678. The van der Waals surface area contributed by atoms with Crippen LogP contribution in [0.4, 0.5) is 0 Å². The van der Waals surface area contributed by atoms with Crippen molar-refractivity contribution >= 4 is 47.0 Å². The van der Waals surface area contributed by atoms with Crippen LogP contribution in [0.3, 0.4) is 0 Å². The summed E-state index contributed by atoms with van der Waals surface area (Å²) in [5.74, 6) is 0. The van der Waals surface area contributed by atoms with E-state index in [2.05, 4.69) is 13.8 Å². The molecule has 22 heavy (non-hydrogen) atoms. The summed E-state index contributed by atoms with van der Waals surface area (Å²) < 4.78 is 14.2. The van der Waals surface area contributed by atoms with Gasteiger partial charge in [0.15, 0.2) is 0 Å². The molecule has 0 bridgehead atoms. The van der Waals surface area contributed by atoms with Gasteiger partial charge in [0, 0.05) is 9.81 Å². The SMILES string of the molecule is CCCCC1=C(CCCC)SC(=C2SC3=C(OCCO3)S2)S1. The Bertz CT molecular complexity index is 480. The zero-order valence-electron chi connectivity index (χ0n) is 13.1. The maximum Gasteiger partial charge on any atom is 0.208 e. The van der Waals surface area contributed by atoms with Crippen molar-refractivity contribution in [3.8, 4) is 0 Å². The smallest absolute Gasteiger partial charge is 0.208 e. The van der Waals surface area contributed by atoms with E-state index in [0.29, 0.717) is 13.2 Å². The van der Waals surface area contributed by atoms with Crippen molar-refractivity contribution in [3.05, 3.63) is 28.5 Å². The summed E-state index contributed by atoms with van der Waals surface area (Å²) in [6, 6.07) is 0. The highest BCUT2D eigenvalue weighted by atomic mass is 32.2. The van der Waals surface area contributed by atoms with E-state index >= 15 is 0 Å². The summed E-state index contributed by atoms with van der Waals surface area (Å²) in [6.45, 7) is 5.90. The maximum absolute atomic E-state index is 5.71. The first-order valence-corrected chi connectivity index (χ1v) is 11.3. The minimum Gasteiger partial charge on any atom is -0.480 e. The standard InChI is InChI=1S/C16H22O2S4/c1-3-5-7-11-12(8-6-4-2)20-15(19-11)16-21-13-14(22-16)18-10-9-17-13/h3-10H2,1-2H3. The van der Waals surface area contributed by atoms with E-state index in [0.717, 1.165) is 10.2 Å². The summed E-state index contributed by atoms with van der Waals surface area (Å²) in [4.78, 5) is 3.21. The summed E-state index contributed by atoms with van der Waals surface area (Å²) >= 11 is 7.49. The minimum absolute atomic E-state index is 0.678. The lowest BCUT2D eigenvalue weighted by atomic mass is 10.2. The fourth-order valence-electron chi connectivity index (χ4n) is 2.30. The summed E-state index contributed by atoms with van der Waals surface area (Å²) in [5.41, 5.74) is 0. The van der Waals surface area contributed by atoms with Gasteiger partial charge in [0.1, 0.15) is 13.2 Å². The van der Waals surface area contributed by atoms with Crippen LogP contribution in [0.25, 0.3) is 0 Å². The Balaban J connectivity index is 1.69. The van der Waals surface area contributed by atoms with Gasteiger partial charge in [0.25, 0.3) is 0 Å². The lowest BCUT2D eigenvalue weighted by Crippen LogP contribution is -2.08. The topological polar surface area (TPSA) is 18.5 Å². The molecule has 0 spiro atoms. The largest absolute Gasteiger partial charge is 0.480 e. The van der Waals surface area contributed by atoms with E-state index in [1.165, 1.54) is 47.0 Å². The number of rotatable bonds is 6. The Kier molecular flexibility index (Phi) is 6.48. The van der Waals surface area contributed by atoms with E-state index in [-0.39, 0.29) is 0 Å². The number of thioether (sulfide) groups is 4. The Morgan fingerprint density at radius 1 is 0.727 bits per heavy atom. The monoisotopic (exact) mass is 374 g/mol. The first kappa shape index (κ1) is 17.1. The van der Waals surface area contributed by atoms with Gasteiger partial charge in [-0.25, -0.2) is 0 Å². The van der Waals surface area contributed by atoms with Crippen LogP contribution >= 0.6 is 47.0 Å². The number of unbranched alkanes of at least 4 members (excludes halogenated alkanes) is 2. The molecule has 122 valence electrons. The van der Waals surface area contributed by atoms with Crippen LogP contribution in [0.15, 0.2) is 28.5 Å². The van der Waals surface area contributed by atoms with Gasteiger partial charge in [0.2, 0.25) is 10.2 Å². The van der Waals surface area contributed by atoms with E-state index in [9.17, 15) is 0 Å². The normalized spacial score (nSPS) is 21.4. The van der Waals surface area contributed by atoms with Crippen LogP contribution in [-0.2, 0) is 9.47 Å². The Morgan fingerprint density at radius 2 is 1.18 bits per heavy atom. The fourth-order valence-corrected chi connectivity index (χ4v) is 7.80. The molecular weight excluding hydrogens is 352 g/mol. The second-order valence-electron chi connectivity index (χ2n) is 5.31. The average molecular weight is 375 g/mol. The van der Waals surface area contributed by atoms with Crippen molar-refractivity contribution in [1.82, 2.24) is 0 Å². The highest BCUT2D eigenvalue weighted by Gasteiger charge is 2.32. The maximum atomic E-state index is 5.71. The molecule has 0 N–H and O–H groups in total. The number of allylic oxidation sites excluding steroid dienone is 2. The van der Waals surface area contributed by atoms with E-state index in [1.807, 2.05) is 23.5 Å². The van der Waals surface area contributed by atoms with Crippen LogP contribution in [0, 0.1) is 0 Å². The summed E-state index contributed by atoms with van der Waals surface area (Å²) in [7, 11) is 0. The van der Waals surface area contributed by atoms with Gasteiger partial charge in [-0.05, 0) is 49.2 Å². The van der Waals surface area contributed by atoms with Crippen molar-refractivity contribution in [1.29, 1.82) is 0 Å². The second kappa shape index (κ2) is 8.36. The molecule has 0 saturated heterocycles. The van der Waals surface area contributed by atoms with Gasteiger partial charge in [-0.15, -0.1) is 0 Å². The molecule has 0 aromatic carbocycles. The van der Waals surface area contributed by atoms with Crippen molar-refractivity contribution in [3.63, 3.8) is 0 Å². The molecule has 3 rings (SSSR count). The van der Waals surface area contributed by atoms with Gasteiger partial charge in [-0.2, -0.15) is 0 Å². The number of hydrogen-bond donors (Lipinski definition) is 0. The molecule has 0 radical (unpaired) electrons. The molecular formula is C16H22O2S4. The molecule has 3 heterocycles. The molecule has 3 aliphatic heterocycles. The van der Waals surface area contributed by atoms with Crippen LogP contribution in [0.2, 0.25) is 0 Å². The van der Waals surface area contributed by atoms with Crippen molar-refractivity contribution in [2.24, 2.45) is 0 Å². The van der Waals surface area contributed by atoms with Gasteiger partial charge in [-0.3, -0.25) is 0 Å². The molecule has 0 aliphatic carbocycles. The Morgan fingerprint density at radius 3 is 1.64 bits per heavy atom. The highest BCUT2D eigenvalue weighted by Crippen LogP contribution is 2.61. The summed E-state index contributed by atoms with van der Waals surface area (Å²) in [5, 5.41) is 1.94. The zero-order valence-corrected chi connectivity index (χ0v) is 16.4. The van der Waals surface area contributed by atoms with Crippen LogP contribution in [-0.4, -0.2) is 13.2 Å². The van der Waals surface area contributed by atoms with Crippen LogP contribution < -0.4 is 0 Å². The van der Waals surface area contributed by atoms with Gasteiger partial charge >= 0.3 is 0 Å². The third kappa shape index (κ3) is 4.00. The van der Waals surface area contributed by atoms with Crippen molar-refractivity contribution in [2.75, 3.05) is 13.2 Å². The van der Waals surface area contributed by atoms with Gasteiger partial charge in [0.05, 0.1) is 8.47 Å². The molecule has 6 heteroatoms. The molecule has 0 unspecified atom stereocenters. The van der Waals surface area contributed by atoms with Crippen LogP contribution in [0.1, 0.15) is 52.4 Å². The quantitative estimate of drug-likeness (QED) is 0.503. The molecule has 2 nitrogen and oxygen atoms in total. The Hall–Kier alpha value is 0.220. The third-order valence-electron chi connectivity index (χ3n) is 3.51. The number of ether oxygens (including phenoxy) is 2. The first-order valence-electron chi connectivity index (χ1n) is 7.99. The molecule has 0 fully saturated rings. The second-order valence-corrected chi connectivity index (χ2v) is 10.0. The van der Waals surface area contributed by atoms with E-state index < -0.39 is 0 Å². The first-order chi connectivity index (χ1) is 10.8. The molecule has 0 amide bonds. The third-order valence-corrected chi connectivity index (χ3v) is 9.22. The Labute approximate surface area is 150 Å². The highest BCUT2D eigenvalue weighted by molar-refractivity contribution is 8.34. The van der Waals surface area contributed by atoms with Gasteiger partial charge in [-0.1, -0.05) is 50.2 Å². The zero-order chi connectivity index (χ0) is 15.4. The van der Waals surface area contributed by atoms with Crippen molar-refractivity contribution in [2.45, 2.75) is 52.4 Å². The molecule has 0 aromatic heterocycles. The molecule has 0 atom stereocenters. The van der Waals surface area contributed by atoms with Gasteiger partial charge < -0.3 is 9.47 Å². The molecule has 0 aromatic rings. The van der Waals surface area contributed by atoms with E-state index in [1.54, 1.807) is 33.3 Å². The lowest BCUT2D eigenvalue weighted by Gasteiger charge is -2.13. The predicted molar refractivity (Wildman–Crippen MR) is 102 cm³/mol. The van der Waals surface area contributed by atoms with Crippen LogP contribution in [0.5, 0.6) is 0 Å². The fraction of sp³-hybridized carbons (Fsp3) is 0.625. The van der Waals surface area contributed by atoms with Crippen molar-refractivity contribution < 1.29 is 9.47 Å². The van der Waals surface area contributed by atoms with E-state index in [4.69, 9.17) is 9.47 Å². The molecule has 3 aliphatic rings. The summed E-state index contributed by atoms with van der Waals surface area (Å²) in [6.07, 6.45) is 7.59. The average Bonchev–Trinajstić information content (AvgIpc) is 3.14. The predicted octanol–water partition coefficient (Wildman–Crippen LogP) is 6.84. The lowest BCUT2D eigenvalue weighted by molar-refractivity contribution is 0.0949. The molecule has 0 saturated carbocycles. The number of hydrogen-bond acceptors (Lipinski definition) is 6.